The number of amides is 1. The number of anilines is 1. The highest BCUT2D eigenvalue weighted by Gasteiger charge is 2.49. The molecule has 0 spiro atoms. The van der Waals surface area contributed by atoms with Gasteiger partial charge in [-0.25, -0.2) is 30.7 Å². The summed E-state index contributed by atoms with van der Waals surface area (Å²) in [5, 5.41) is 12.0. The minimum Gasteiger partial charge on any atom is -0.384 e. The van der Waals surface area contributed by atoms with Gasteiger partial charge >= 0.3 is 0 Å². The lowest BCUT2D eigenvalue weighted by Gasteiger charge is -2.42. The second-order valence-electron chi connectivity index (χ2n) is 7.14. The molecule has 3 N–H and O–H groups in total. The Hall–Kier alpha value is -2.50. The van der Waals surface area contributed by atoms with Crippen LogP contribution in [0.2, 0.25) is 0 Å². The minimum absolute atomic E-state index is 0.156. The lowest BCUT2D eigenvalue weighted by Crippen LogP contribution is -2.52. The zero-order chi connectivity index (χ0) is 22.1. The predicted molar refractivity (Wildman–Crippen MR) is 99.6 cm³/mol. The van der Waals surface area contributed by atoms with Crippen molar-refractivity contribution in [3.05, 3.63) is 59.7 Å². The van der Waals surface area contributed by atoms with Gasteiger partial charge in [-0.05, 0) is 61.2 Å². The van der Waals surface area contributed by atoms with E-state index in [1.54, 1.807) is 0 Å². The molecule has 1 aliphatic rings. The highest BCUT2D eigenvalue weighted by molar-refractivity contribution is 7.89. The first-order valence-corrected chi connectivity index (χ1v) is 10.4. The summed E-state index contributed by atoms with van der Waals surface area (Å²) in [6.45, 7) is -0.261. The quantitative estimate of drug-likeness (QED) is 0.570. The van der Waals surface area contributed by atoms with E-state index in [0.717, 1.165) is 30.3 Å². The molecule has 1 amide bonds. The normalized spacial score (nSPS) is 21.3. The van der Waals surface area contributed by atoms with E-state index in [0.29, 0.717) is 0 Å². The second-order valence-corrected chi connectivity index (χ2v) is 8.87. The van der Waals surface area contributed by atoms with Crippen LogP contribution in [0, 0.1) is 17.6 Å². The molecule has 0 saturated heterocycles. The summed E-state index contributed by atoms with van der Waals surface area (Å²) < 4.78 is 79.3. The molecular weight excluding hydrogens is 428 g/mol. The third-order valence-corrected chi connectivity index (χ3v) is 6.28. The molecule has 0 bridgehead atoms. The maximum absolute atomic E-state index is 14.1. The Morgan fingerprint density at radius 3 is 2.37 bits per heavy atom. The Labute approximate surface area is 170 Å². The Kier molecular flexibility index (Phi) is 6.16. The lowest BCUT2D eigenvalue weighted by atomic mass is 9.71. The fraction of sp³-hybridized carbons (Fsp3) is 0.316. The van der Waals surface area contributed by atoms with Crippen molar-refractivity contribution < 1.29 is 35.9 Å². The third kappa shape index (κ3) is 4.79. The third-order valence-electron chi connectivity index (χ3n) is 4.84. The van der Waals surface area contributed by atoms with Gasteiger partial charge in [0.2, 0.25) is 10.0 Å². The topological polar surface area (TPSA) is 95.5 Å². The van der Waals surface area contributed by atoms with Crippen LogP contribution in [0.4, 0.5) is 23.2 Å². The fourth-order valence-electron chi connectivity index (χ4n) is 3.15. The highest BCUT2D eigenvalue weighted by atomic mass is 32.2. The molecule has 0 heterocycles. The number of aliphatic hydroxyl groups is 1. The van der Waals surface area contributed by atoms with Crippen molar-refractivity contribution in [1.29, 1.82) is 0 Å². The number of nitrogens with one attached hydrogen (secondary N) is 2. The summed E-state index contributed by atoms with van der Waals surface area (Å²) in [5.74, 6) is -2.86. The molecule has 3 rings (SSSR count). The predicted octanol–water partition coefficient (Wildman–Crippen LogP) is 2.90. The Bertz CT molecular complexity index is 1040. The summed E-state index contributed by atoms with van der Waals surface area (Å²) in [7, 11) is -4.38. The van der Waals surface area contributed by atoms with Crippen LogP contribution < -0.4 is 10.0 Å². The molecule has 0 radical (unpaired) electrons. The van der Waals surface area contributed by atoms with Crippen molar-refractivity contribution >= 4 is 21.6 Å². The maximum atomic E-state index is 14.1. The summed E-state index contributed by atoms with van der Waals surface area (Å²) in [6, 6.07) is 7.58. The monoisotopic (exact) mass is 446 g/mol. The second kappa shape index (κ2) is 8.32. The Morgan fingerprint density at radius 1 is 1.13 bits per heavy atom. The molecule has 0 aliphatic heterocycles. The summed E-state index contributed by atoms with van der Waals surface area (Å²) in [6.07, 6.45) is -3.50. The van der Waals surface area contributed by atoms with Gasteiger partial charge in [-0.3, -0.25) is 4.79 Å². The number of alkyl halides is 2. The van der Waals surface area contributed by atoms with Gasteiger partial charge in [0.05, 0.1) is 0 Å². The van der Waals surface area contributed by atoms with Gasteiger partial charge in [0.15, 0.2) is 0 Å². The number of carbonyl (C=O) groups is 1. The fourth-order valence-corrected chi connectivity index (χ4v) is 4.37. The van der Waals surface area contributed by atoms with Gasteiger partial charge in [-0.2, -0.15) is 0 Å². The maximum Gasteiger partial charge on any atom is 0.266 e. The molecule has 1 saturated carbocycles. The number of carbonyl (C=O) groups excluding carboxylic acids is 1. The van der Waals surface area contributed by atoms with Gasteiger partial charge in [0.1, 0.15) is 22.1 Å². The largest absolute Gasteiger partial charge is 0.384 e. The van der Waals surface area contributed by atoms with Crippen molar-refractivity contribution in [2.24, 2.45) is 5.92 Å². The number of rotatable bonds is 7. The Morgan fingerprint density at radius 2 is 1.77 bits per heavy atom. The smallest absolute Gasteiger partial charge is 0.266 e. The average Bonchev–Trinajstić information content (AvgIpc) is 2.66. The van der Waals surface area contributed by atoms with E-state index < -0.39 is 50.4 Å². The molecule has 11 heteroatoms. The van der Waals surface area contributed by atoms with Crippen LogP contribution in [0.5, 0.6) is 0 Å². The van der Waals surface area contributed by atoms with Gasteiger partial charge in [0.25, 0.3) is 12.3 Å². The van der Waals surface area contributed by atoms with Crippen LogP contribution in [0.15, 0.2) is 47.4 Å². The molecule has 1 aliphatic carbocycles. The van der Waals surface area contributed by atoms with E-state index in [2.05, 4.69) is 10.0 Å². The number of benzene rings is 2. The van der Waals surface area contributed by atoms with Crippen molar-refractivity contribution in [3.8, 4) is 0 Å². The van der Waals surface area contributed by atoms with Crippen molar-refractivity contribution in [2.75, 3.05) is 11.9 Å². The van der Waals surface area contributed by atoms with Crippen LogP contribution in [-0.4, -0.2) is 38.0 Å². The Balaban J connectivity index is 1.69. The van der Waals surface area contributed by atoms with Gasteiger partial charge in [-0.15, -0.1) is 0 Å². The van der Waals surface area contributed by atoms with Gasteiger partial charge in [-0.1, -0.05) is 0 Å². The van der Waals surface area contributed by atoms with Crippen LogP contribution in [0.3, 0.4) is 0 Å². The molecule has 2 aromatic rings. The van der Waals surface area contributed by atoms with Crippen molar-refractivity contribution in [2.45, 2.75) is 29.8 Å². The van der Waals surface area contributed by atoms with Crippen molar-refractivity contribution in [3.63, 3.8) is 0 Å². The highest BCUT2D eigenvalue weighted by Crippen LogP contribution is 2.41. The molecular formula is C19H18F4N2O4S. The molecule has 0 aromatic heterocycles. The number of hydrogen-bond donors (Lipinski definition) is 3. The molecule has 1 fully saturated rings. The lowest BCUT2D eigenvalue weighted by molar-refractivity contribution is -0.166. The van der Waals surface area contributed by atoms with E-state index in [4.69, 9.17) is 0 Å². The van der Waals surface area contributed by atoms with Gasteiger partial charge < -0.3 is 10.4 Å². The number of hydrogen-bond acceptors (Lipinski definition) is 4. The first-order valence-electron chi connectivity index (χ1n) is 8.87. The van der Waals surface area contributed by atoms with Crippen LogP contribution in [-0.2, 0) is 10.0 Å². The van der Waals surface area contributed by atoms with Gasteiger partial charge in [0, 0.05) is 17.8 Å². The van der Waals surface area contributed by atoms with E-state index in [1.807, 2.05) is 0 Å². The zero-order valence-corrected chi connectivity index (χ0v) is 16.2. The SMILES string of the molecule is O=C(Nc1ccc(F)cc1)c1ccc(F)c(S(=O)(=O)NCC2CC(O)(C(F)F)C2)c1. The summed E-state index contributed by atoms with van der Waals surface area (Å²) in [4.78, 5) is 11.5. The minimum atomic E-state index is -4.38. The van der Waals surface area contributed by atoms with E-state index in [-0.39, 0.29) is 30.6 Å². The molecule has 2 aromatic carbocycles. The molecule has 30 heavy (non-hydrogen) atoms. The van der Waals surface area contributed by atoms with Crippen molar-refractivity contribution in [1.82, 2.24) is 4.72 Å². The van der Waals surface area contributed by atoms with E-state index >= 15 is 0 Å². The molecule has 6 nitrogen and oxygen atoms in total. The van der Waals surface area contributed by atoms with E-state index in [1.165, 1.54) is 12.1 Å². The standard InChI is InChI=1S/C19H18F4N2O4S/c20-13-2-4-14(5-3-13)25-17(26)12-1-6-15(21)16(7-12)30(28,29)24-10-11-8-19(27,9-11)18(22)23/h1-7,11,18,24,27H,8-10H2,(H,25,26). The van der Waals surface area contributed by atoms with Crippen LogP contribution in [0.1, 0.15) is 23.2 Å². The van der Waals surface area contributed by atoms with Crippen LogP contribution >= 0.6 is 0 Å². The molecule has 0 atom stereocenters. The number of sulfonamides is 1. The number of halogens is 4. The molecule has 162 valence electrons. The van der Waals surface area contributed by atoms with E-state index in [9.17, 15) is 35.9 Å². The first kappa shape index (κ1) is 22.2. The summed E-state index contributed by atoms with van der Waals surface area (Å²) in [5.41, 5.74) is -2.03. The molecule has 0 unspecified atom stereocenters. The average molecular weight is 446 g/mol. The van der Waals surface area contributed by atoms with Crippen LogP contribution in [0.25, 0.3) is 0 Å². The zero-order valence-electron chi connectivity index (χ0n) is 15.4. The first-order chi connectivity index (χ1) is 14.0. The summed E-state index contributed by atoms with van der Waals surface area (Å²) >= 11 is 0.